The highest BCUT2D eigenvalue weighted by atomic mass is 32.1. The summed E-state index contributed by atoms with van der Waals surface area (Å²) in [7, 11) is 1.65. The minimum Gasteiger partial charge on any atom is -0.497 e. The highest BCUT2D eigenvalue weighted by molar-refractivity contribution is 7.13. The molecule has 7 heteroatoms. The van der Waals surface area contributed by atoms with Crippen molar-refractivity contribution in [2.45, 2.75) is 6.42 Å². The summed E-state index contributed by atoms with van der Waals surface area (Å²) in [6.45, 7) is 0. The molecule has 3 heterocycles. The molecular formula is C24H19N5OS. The van der Waals surface area contributed by atoms with Crippen LogP contribution >= 0.6 is 11.3 Å². The summed E-state index contributed by atoms with van der Waals surface area (Å²) in [6.07, 6.45) is 4.28. The number of benzene rings is 2. The molecule has 3 aromatic heterocycles. The molecule has 1 N–H and O–H groups in total. The minimum atomic E-state index is 0.606. The Kier molecular flexibility index (Phi) is 5.24. The van der Waals surface area contributed by atoms with Gasteiger partial charge in [-0.05, 0) is 35.9 Å². The molecule has 2 aromatic carbocycles. The van der Waals surface area contributed by atoms with E-state index in [0.29, 0.717) is 11.6 Å². The molecule has 6 nitrogen and oxygen atoms in total. The SMILES string of the molecule is COc1ccc2nc(-c3cccnc3)nc(Nc3nc(Cc4ccccc4)cs3)c2c1. The number of hydrogen-bond donors (Lipinski definition) is 1. The second-order valence-electron chi connectivity index (χ2n) is 6.95. The van der Waals surface area contributed by atoms with Crippen LogP contribution in [-0.4, -0.2) is 27.0 Å². The lowest BCUT2D eigenvalue weighted by molar-refractivity contribution is 0.415. The lowest BCUT2D eigenvalue weighted by Crippen LogP contribution is -2.00. The Morgan fingerprint density at radius 2 is 1.87 bits per heavy atom. The van der Waals surface area contributed by atoms with Crippen molar-refractivity contribution in [3.63, 3.8) is 0 Å². The van der Waals surface area contributed by atoms with Crippen molar-refractivity contribution < 1.29 is 4.74 Å². The Morgan fingerprint density at radius 1 is 0.968 bits per heavy atom. The Hall–Kier alpha value is -3.84. The fourth-order valence-corrected chi connectivity index (χ4v) is 4.02. The number of methoxy groups -OCH3 is 1. The topological polar surface area (TPSA) is 72.8 Å². The second kappa shape index (κ2) is 8.49. The van der Waals surface area contributed by atoms with E-state index < -0.39 is 0 Å². The van der Waals surface area contributed by atoms with Gasteiger partial charge in [0.05, 0.1) is 18.3 Å². The highest BCUT2D eigenvalue weighted by Gasteiger charge is 2.13. The van der Waals surface area contributed by atoms with Gasteiger partial charge in [-0.3, -0.25) is 4.98 Å². The standard InChI is InChI=1S/C24H19N5OS/c1-30-19-9-10-21-20(13-19)23(28-22(27-21)17-8-5-11-25-14-17)29-24-26-18(15-31-24)12-16-6-3-2-4-7-16/h2-11,13-15H,12H2,1H3,(H,26,27,28,29). The van der Waals surface area contributed by atoms with Crippen LogP contribution in [0, 0.1) is 0 Å². The molecule has 0 unspecified atom stereocenters. The fraction of sp³-hybridized carbons (Fsp3) is 0.0833. The molecule has 0 saturated heterocycles. The van der Waals surface area contributed by atoms with E-state index in [0.717, 1.165) is 39.5 Å². The fourth-order valence-electron chi connectivity index (χ4n) is 3.31. The first-order chi connectivity index (χ1) is 15.3. The van der Waals surface area contributed by atoms with Gasteiger partial charge in [-0.2, -0.15) is 0 Å². The summed E-state index contributed by atoms with van der Waals surface area (Å²) in [6, 6.07) is 19.9. The van der Waals surface area contributed by atoms with Gasteiger partial charge in [0, 0.05) is 35.1 Å². The lowest BCUT2D eigenvalue weighted by Gasteiger charge is -2.10. The number of anilines is 2. The van der Waals surface area contributed by atoms with Crippen LogP contribution in [0.1, 0.15) is 11.3 Å². The molecule has 0 saturated carbocycles. The first-order valence-corrected chi connectivity index (χ1v) is 10.7. The van der Waals surface area contributed by atoms with E-state index in [4.69, 9.17) is 19.7 Å². The van der Waals surface area contributed by atoms with Crippen molar-refractivity contribution in [3.05, 3.63) is 89.7 Å². The third-order valence-electron chi connectivity index (χ3n) is 4.83. The Morgan fingerprint density at radius 3 is 2.68 bits per heavy atom. The van der Waals surface area contributed by atoms with Crippen molar-refractivity contribution >= 4 is 33.2 Å². The maximum Gasteiger partial charge on any atom is 0.188 e. The normalized spacial score (nSPS) is 10.9. The molecule has 0 spiro atoms. The molecule has 5 rings (SSSR count). The Balaban J connectivity index is 1.52. The zero-order valence-electron chi connectivity index (χ0n) is 16.8. The van der Waals surface area contributed by atoms with Gasteiger partial charge in [0.1, 0.15) is 11.6 Å². The number of ether oxygens (including phenoxy) is 1. The third kappa shape index (κ3) is 4.22. The largest absolute Gasteiger partial charge is 0.497 e. The molecular weight excluding hydrogens is 406 g/mol. The molecule has 152 valence electrons. The van der Waals surface area contributed by atoms with Crippen molar-refractivity contribution in [2.75, 3.05) is 12.4 Å². The van der Waals surface area contributed by atoms with Crippen LogP contribution in [0.15, 0.2) is 78.4 Å². The van der Waals surface area contributed by atoms with E-state index >= 15 is 0 Å². The monoisotopic (exact) mass is 425 g/mol. The van der Waals surface area contributed by atoms with Gasteiger partial charge in [-0.15, -0.1) is 11.3 Å². The summed E-state index contributed by atoms with van der Waals surface area (Å²) < 4.78 is 5.41. The number of nitrogens with one attached hydrogen (secondary N) is 1. The summed E-state index contributed by atoms with van der Waals surface area (Å²) >= 11 is 1.56. The predicted molar refractivity (Wildman–Crippen MR) is 124 cm³/mol. The average molecular weight is 426 g/mol. The number of pyridine rings is 1. The van der Waals surface area contributed by atoms with Crippen molar-refractivity contribution in [1.82, 2.24) is 19.9 Å². The number of nitrogens with zero attached hydrogens (tertiary/aromatic N) is 4. The van der Waals surface area contributed by atoms with Crippen LogP contribution in [0.2, 0.25) is 0 Å². The number of hydrogen-bond acceptors (Lipinski definition) is 7. The van der Waals surface area contributed by atoms with E-state index in [-0.39, 0.29) is 0 Å². The molecule has 5 aromatic rings. The molecule has 0 fully saturated rings. The number of fused-ring (bicyclic) bond motifs is 1. The van der Waals surface area contributed by atoms with Gasteiger partial charge >= 0.3 is 0 Å². The van der Waals surface area contributed by atoms with Gasteiger partial charge in [-0.25, -0.2) is 15.0 Å². The lowest BCUT2D eigenvalue weighted by atomic mass is 10.1. The summed E-state index contributed by atoms with van der Waals surface area (Å²) in [4.78, 5) is 18.5. The molecule has 0 amide bonds. The maximum atomic E-state index is 5.41. The first-order valence-electron chi connectivity index (χ1n) is 9.80. The minimum absolute atomic E-state index is 0.606. The van der Waals surface area contributed by atoms with Crippen molar-refractivity contribution in [3.8, 4) is 17.1 Å². The van der Waals surface area contributed by atoms with Crippen LogP contribution < -0.4 is 10.1 Å². The Bertz CT molecular complexity index is 1320. The van der Waals surface area contributed by atoms with Gasteiger partial charge in [0.15, 0.2) is 11.0 Å². The predicted octanol–water partition coefficient (Wildman–Crippen LogP) is 5.49. The van der Waals surface area contributed by atoms with Gasteiger partial charge in [0.25, 0.3) is 0 Å². The van der Waals surface area contributed by atoms with Crippen LogP contribution in [0.3, 0.4) is 0 Å². The summed E-state index contributed by atoms with van der Waals surface area (Å²) in [5, 5.41) is 7.12. The van der Waals surface area contributed by atoms with E-state index in [1.54, 1.807) is 30.8 Å². The Labute approximate surface area is 183 Å². The quantitative estimate of drug-likeness (QED) is 0.388. The van der Waals surface area contributed by atoms with E-state index in [1.165, 1.54) is 5.56 Å². The maximum absolute atomic E-state index is 5.41. The molecule has 31 heavy (non-hydrogen) atoms. The van der Waals surface area contributed by atoms with Gasteiger partial charge in [0.2, 0.25) is 0 Å². The van der Waals surface area contributed by atoms with Crippen LogP contribution in [-0.2, 0) is 6.42 Å². The average Bonchev–Trinajstić information content (AvgIpc) is 3.26. The van der Waals surface area contributed by atoms with E-state index in [9.17, 15) is 0 Å². The van der Waals surface area contributed by atoms with Gasteiger partial charge < -0.3 is 10.1 Å². The van der Waals surface area contributed by atoms with Crippen molar-refractivity contribution in [2.24, 2.45) is 0 Å². The zero-order valence-corrected chi connectivity index (χ0v) is 17.6. The molecule has 0 radical (unpaired) electrons. The summed E-state index contributed by atoms with van der Waals surface area (Å²) in [5.74, 6) is 2.04. The van der Waals surface area contributed by atoms with E-state index in [1.807, 2.05) is 48.5 Å². The zero-order chi connectivity index (χ0) is 21.0. The molecule has 0 bridgehead atoms. The van der Waals surface area contributed by atoms with Gasteiger partial charge in [-0.1, -0.05) is 30.3 Å². The van der Waals surface area contributed by atoms with Crippen molar-refractivity contribution in [1.29, 1.82) is 0 Å². The van der Waals surface area contributed by atoms with Crippen LogP contribution in [0.25, 0.3) is 22.3 Å². The number of thiazole rings is 1. The van der Waals surface area contributed by atoms with Crippen LogP contribution in [0.4, 0.5) is 10.9 Å². The molecule has 0 aliphatic heterocycles. The smallest absolute Gasteiger partial charge is 0.188 e. The molecule has 0 aliphatic carbocycles. The first kappa shape index (κ1) is 19.1. The molecule has 0 aliphatic rings. The summed E-state index contributed by atoms with van der Waals surface area (Å²) in [5.41, 5.74) is 3.92. The highest BCUT2D eigenvalue weighted by Crippen LogP contribution is 2.31. The molecule has 0 atom stereocenters. The number of rotatable bonds is 6. The van der Waals surface area contributed by atoms with Crippen LogP contribution in [0.5, 0.6) is 5.75 Å². The number of aromatic nitrogens is 4. The second-order valence-corrected chi connectivity index (χ2v) is 7.81. The van der Waals surface area contributed by atoms with E-state index in [2.05, 4.69) is 27.8 Å². The third-order valence-corrected chi connectivity index (χ3v) is 5.63.